The number of aliphatic hydroxyl groups excluding tert-OH is 1. The summed E-state index contributed by atoms with van der Waals surface area (Å²) < 4.78 is 4.63. The molecule has 0 radical (unpaired) electrons. The Hall–Kier alpha value is -0.610. The third-order valence-electron chi connectivity index (χ3n) is 2.81. The molecule has 1 aliphatic rings. The number of hydrogen-bond donors (Lipinski definition) is 1. The lowest BCUT2D eigenvalue weighted by atomic mass is 9.94. The number of β-amino-alcohol motifs (C(OH)–C–C–N with tert-alkyl or cyclic N) is 1. The van der Waals surface area contributed by atoms with Crippen LogP contribution in [0.2, 0.25) is 0 Å². The molecule has 0 aromatic heterocycles. The van der Waals surface area contributed by atoms with Crippen molar-refractivity contribution in [3.63, 3.8) is 0 Å². The van der Waals surface area contributed by atoms with Crippen LogP contribution in [-0.2, 0) is 9.53 Å². The SMILES string of the molecule is COC(=O)CC1CCN(CCO)CC1. The summed E-state index contributed by atoms with van der Waals surface area (Å²) in [5.74, 6) is 0.364. The van der Waals surface area contributed by atoms with Crippen LogP contribution in [0.15, 0.2) is 0 Å². The molecule has 1 saturated heterocycles. The Balaban J connectivity index is 2.18. The molecule has 0 aliphatic carbocycles. The zero-order valence-electron chi connectivity index (χ0n) is 8.74. The number of aliphatic hydroxyl groups is 1. The predicted molar refractivity (Wildman–Crippen MR) is 52.9 cm³/mol. The van der Waals surface area contributed by atoms with Crippen LogP contribution in [0.1, 0.15) is 19.3 Å². The quantitative estimate of drug-likeness (QED) is 0.663. The summed E-state index contributed by atoms with van der Waals surface area (Å²) in [5, 5.41) is 8.75. The lowest BCUT2D eigenvalue weighted by Crippen LogP contribution is -2.36. The Bertz CT molecular complexity index is 176. The summed E-state index contributed by atoms with van der Waals surface area (Å²) in [5.41, 5.74) is 0. The van der Waals surface area contributed by atoms with Crippen molar-refractivity contribution in [2.24, 2.45) is 5.92 Å². The first kappa shape index (κ1) is 11.5. The van der Waals surface area contributed by atoms with Crippen molar-refractivity contribution in [2.45, 2.75) is 19.3 Å². The molecule has 0 atom stereocenters. The maximum Gasteiger partial charge on any atom is 0.305 e. The van der Waals surface area contributed by atoms with Gasteiger partial charge in [-0.2, -0.15) is 0 Å². The van der Waals surface area contributed by atoms with Crippen molar-refractivity contribution >= 4 is 5.97 Å². The number of carbonyl (C=O) groups excluding carboxylic acids is 1. The summed E-state index contributed by atoms with van der Waals surface area (Å²) in [4.78, 5) is 13.2. The van der Waals surface area contributed by atoms with Crippen LogP contribution in [0.3, 0.4) is 0 Å². The Morgan fingerprint density at radius 2 is 2.14 bits per heavy atom. The van der Waals surface area contributed by atoms with Gasteiger partial charge in [-0.3, -0.25) is 4.79 Å². The second kappa shape index (κ2) is 5.98. The molecule has 0 aromatic rings. The van der Waals surface area contributed by atoms with Crippen LogP contribution >= 0.6 is 0 Å². The van der Waals surface area contributed by atoms with E-state index in [0.29, 0.717) is 12.3 Å². The standard InChI is InChI=1S/C10H19NO3/c1-14-10(13)8-9-2-4-11(5-3-9)6-7-12/h9,12H,2-8H2,1H3. The first-order valence-corrected chi connectivity index (χ1v) is 5.16. The van der Waals surface area contributed by atoms with Crippen molar-refractivity contribution in [1.29, 1.82) is 0 Å². The number of hydrogen-bond acceptors (Lipinski definition) is 4. The minimum absolute atomic E-state index is 0.106. The highest BCUT2D eigenvalue weighted by Crippen LogP contribution is 2.20. The number of ether oxygens (including phenoxy) is 1. The summed E-state index contributed by atoms with van der Waals surface area (Å²) in [6.45, 7) is 2.96. The molecule has 1 N–H and O–H groups in total. The number of likely N-dealkylation sites (tertiary alicyclic amines) is 1. The maximum atomic E-state index is 11.0. The molecule has 1 aliphatic heterocycles. The zero-order chi connectivity index (χ0) is 10.4. The topological polar surface area (TPSA) is 49.8 Å². The summed E-state index contributed by atoms with van der Waals surface area (Å²) in [7, 11) is 1.43. The molecular formula is C10H19NO3. The van der Waals surface area contributed by atoms with Gasteiger partial charge in [0.2, 0.25) is 0 Å². The van der Waals surface area contributed by atoms with Gasteiger partial charge in [0.15, 0.2) is 0 Å². The van der Waals surface area contributed by atoms with E-state index in [1.807, 2.05) is 0 Å². The van der Waals surface area contributed by atoms with Crippen LogP contribution in [-0.4, -0.2) is 49.3 Å². The van der Waals surface area contributed by atoms with Crippen molar-refractivity contribution in [3.05, 3.63) is 0 Å². The highest BCUT2D eigenvalue weighted by molar-refractivity contribution is 5.69. The van der Waals surface area contributed by atoms with Gasteiger partial charge in [-0.15, -0.1) is 0 Å². The number of methoxy groups -OCH3 is 1. The number of nitrogens with zero attached hydrogens (tertiary/aromatic N) is 1. The third kappa shape index (κ3) is 3.64. The molecule has 1 fully saturated rings. The van der Waals surface area contributed by atoms with Crippen molar-refractivity contribution in [1.82, 2.24) is 4.90 Å². The largest absolute Gasteiger partial charge is 0.469 e. The Morgan fingerprint density at radius 1 is 1.50 bits per heavy atom. The monoisotopic (exact) mass is 201 g/mol. The average Bonchev–Trinajstić information content (AvgIpc) is 2.21. The van der Waals surface area contributed by atoms with Gasteiger partial charge >= 0.3 is 5.97 Å². The number of esters is 1. The fourth-order valence-corrected chi connectivity index (χ4v) is 1.87. The van der Waals surface area contributed by atoms with Gasteiger partial charge in [-0.1, -0.05) is 0 Å². The zero-order valence-corrected chi connectivity index (χ0v) is 8.74. The summed E-state index contributed by atoms with van der Waals surface area (Å²) in [6, 6.07) is 0. The highest BCUT2D eigenvalue weighted by atomic mass is 16.5. The van der Waals surface area contributed by atoms with Gasteiger partial charge in [-0.05, 0) is 31.8 Å². The fraction of sp³-hybridized carbons (Fsp3) is 0.900. The maximum absolute atomic E-state index is 11.0. The van der Waals surface area contributed by atoms with Crippen LogP contribution in [0.4, 0.5) is 0 Å². The number of rotatable bonds is 4. The molecule has 1 rings (SSSR count). The van der Waals surface area contributed by atoms with E-state index in [1.165, 1.54) is 7.11 Å². The molecule has 0 amide bonds. The third-order valence-corrected chi connectivity index (χ3v) is 2.81. The van der Waals surface area contributed by atoms with E-state index in [4.69, 9.17) is 5.11 Å². The molecule has 1 heterocycles. The van der Waals surface area contributed by atoms with E-state index in [2.05, 4.69) is 9.64 Å². The molecule has 14 heavy (non-hydrogen) atoms. The minimum atomic E-state index is -0.106. The van der Waals surface area contributed by atoms with E-state index in [0.717, 1.165) is 32.5 Å². The van der Waals surface area contributed by atoms with Crippen molar-refractivity contribution < 1.29 is 14.6 Å². The van der Waals surface area contributed by atoms with E-state index in [1.54, 1.807) is 0 Å². The smallest absolute Gasteiger partial charge is 0.305 e. The molecule has 0 unspecified atom stereocenters. The molecule has 0 saturated carbocycles. The lowest BCUT2D eigenvalue weighted by molar-refractivity contribution is -0.142. The Labute approximate surface area is 84.8 Å². The highest BCUT2D eigenvalue weighted by Gasteiger charge is 2.21. The number of piperidine rings is 1. The van der Waals surface area contributed by atoms with E-state index in [-0.39, 0.29) is 12.6 Å². The second-order valence-electron chi connectivity index (χ2n) is 3.79. The minimum Gasteiger partial charge on any atom is -0.469 e. The lowest BCUT2D eigenvalue weighted by Gasteiger charge is -2.30. The van der Waals surface area contributed by atoms with Crippen LogP contribution < -0.4 is 0 Å². The van der Waals surface area contributed by atoms with Gasteiger partial charge in [-0.25, -0.2) is 0 Å². The molecule has 4 heteroatoms. The van der Waals surface area contributed by atoms with Crippen LogP contribution in [0.5, 0.6) is 0 Å². The van der Waals surface area contributed by atoms with Gasteiger partial charge < -0.3 is 14.7 Å². The van der Waals surface area contributed by atoms with Crippen LogP contribution in [0.25, 0.3) is 0 Å². The van der Waals surface area contributed by atoms with Gasteiger partial charge in [0.05, 0.1) is 13.7 Å². The van der Waals surface area contributed by atoms with Gasteiger partial charge in [0, 0.05) is 13.0 Å². The molecule has 0 spiro atoms. The van der Waals surface area contributed by atoms with Crippen molar-refractivity contribution in [2.75, 3.05) is 33.4 Å². The fourth-order valence-electron chi connectivity index (χ4n) is 1.87. The first-order chi connectivity index (χ1) is 6.76. The van der Waals surface area contributed by atoms with Crippen LogP contribution in [0, 0.1) is 5.92 Å². The molecule has 0 aromatic carbocycles. The normalized spacial score (nSPS) is 19.6. The predicted octanol–water partition coefficient (Wildman–Crippen LogP) is 0.254. The van der Waals surface area contributed by atoms with E-state index < -0.39 is 0 Å². The van der Waals surface area contributed by atoms with Crippen molar-refractivity contribution in [3.8, 4) is 0 Å². The first-order valence-electron chi connectivity index (χ1n) is 5.16. The van der Waals surface area contributed by atoms with E-state index >= 15 is 0 Å². The molecule has 4 nitrogen and oxygen atoms in total. The van der Waals surface area contributed by atoms with Gasteiger partial charge in [0.1, 0.15) is 0 Å². The molecular weight excluding hydrogens is 182 g/mol. The molecule has 0 bridgehead atoms. The molecule has 82 valence electrons. The second-order valence-corrected chi connectivity index (χ2v) is 3.79. The number of carbonyl (C=O) groups is 1. The summed E-state index contributed by atoms with van der Waals surface area (Å²) >= 11 is 0. The Morgan fingerprint density at radius 3 is 2.64 bits per heavy atom. The average molecular weight is 201 g/mol. The van der Waals surface area contributed by atoms with Gasteiger partial charge in [0.25, 0.3) is 0 Å². The summed E-state index contributed by atoms with van der Waals surface area (Å²) in [6.07, 6.45) is 2.62. The Kier molecular flexibility index (Phi) is 4.90. The van der Waals surface area contributed by atoms with E-state index in [9.17, 15) is 4.79 Å².